The van der Waals surface area contributed by atoms with E-state index in [1.807, 2.05) is 0 Å². The number of alkyl halides is 3. The summed E-state index contributed by atoms with van der Waals surface area (Å²) in [5, 5.41) is 26.4. The summed E-state index contributed by atoms with van der Waals surface area (Å²) in [6.45, 7) is 3.57. The van der Waals surface area contributed by atoms with E-state index in [0.717, 1.165) is 6.08 Å². The molecular weight excluding hydrogens is 481 g/mol. The Balaban J connectivity index is 1.41. The number of rotatable bonds is 9. The molecule has 34 heavy (non-hydrogen) atoms. The van der Waals surface area contributed by atoms with E-state index in [-0.39, 0.29) is 38.6 Å². The van der Waals surface area contributed by atoms with Crippen LogP contribution in [0, 0.1) is 0 Å². The SMILES string of the molecule is C=CC(O)(CCCNC(=O)[C@H]1C[C@@H](O)c2cc(Cl)ccc2O1)C(=O)NC1CC(OC(F)(F)F)C1. The lowest BCUT2D eigenvalue weighted by molar-refractivity contribution is -0.351. The molecule has 1 aliphatic carbocycles. The monoisotopic (exact) mass is 506 g/mol. The highest BCUT2D eigenvalue weighted by molar-refractivity contribution is 6.30. The van der Waals surface area contributed by atoms with Gasteiger partial charge in [0.15, 0.2) is 11.7 Å². The van der Waals surface area contributed by atoms with Crippen molar-refractivity contribution in [3.63, 3.8) is 0 Å². The standard InChI is InChI=1S/C22H26ClF3N2O6/c1-2-21(32,20(31)28-13-9-14(10-13)34-22(24,25)26)6-3-7-27-19(30)18-11-16(29)15-8-12(23)4-5-17(15)33-18/h2,4-5,8,13-14,16,18,29,32H,1,3,6-7,9-11H2,(H,27,30)(H,28,31)/t13?,14?,16-,18-,21?/m1/s1. The largest absolute Gasteiger partial charge is 0.522 e. The van der Waals surface area contributed by atoms with Crippen LogP contribution in [0.25, 0.3) is 0 Å². The van der Waals surface area contributed by atoms with Crippen LogP contribution in [0.1, 0.15) is 43.8 Å². The lowest BCUT2D eigenvalue weighted by Crippen LogP contribution is -2.55. The molecule has 188 valence electrons. The van der Waals surface area contributed by atoms with E-state index in [2.05, 4.69) is 21.9 Å². The van der Waals surface area contributed by atoms with E-state index < -0.39 is 48.1 Å². The molecule has 4 N–H and O–H groups in total. The minimum Gasteiger partial charge on any atom is -0.480 e. The van der Waals surface area contributed by atoms with Gasteiger partial charge in [-0.1, -0.05) is 24.3 Å². The Bertz CT molecular complexity index is 924. The average Bonchev–Trinajstić information content (AvgIpc) is 2.74. The molecule has 1 aliphatic heterocycles. The highest BCUT2D eigenvalue weighted by atomic mass is 35.5. The van der Waals surface area contributed by atoms with Crippen LogP contribution in [0.15, 0.2) is 30.9 Å². The zero-order valence-corrected chi connectivity index (χ0v) is 18.9. The fraction of sp³-hybridized carbons (Fsp3) is 0.545. The molecule has 3 atom stereocenters. The van der Waals surface area contributed by atoms with Crippen LogP contribution in [-0.4, -0.2) is 58.8 Å². The Labute approximate surface area is 199 Å². The molecule has 0 saturated heterocycles. The van der Waals surface area contributed by atoms with Gasteiger partial charge in [0.2, 0.25) is 0 Å². The summed E-state index contributed by atoms with van der Waals surface area (Å²) in [6.07, 6.45) is -6.41. The first-order valence-corrected chi connectivity index (χ1v) is 11.1. The number of benzene rings is 1. The number of amides is 2. The topological polar surface area (TPSA) is 117 Å². The van der Waals surface area contributed by atoms with Crippen LogP contribution in [0.3, 0.4) is 0 Å². The summed E-state index contributed by atoms with van der Waals surface area (Å²) in [7, 11) is 0. The van der Waals surface area contributed by atoms with Gasteiger partial charge in [0.1, 0.15) is 5.75 Å². The third-order valence-corrected chi connectivity index (χ3v) is 6.06. The fourth-order valence-corrected chi connectivity index (χ4v) is 4.03. The average molecular weight is 507 g/mol. The molecule has 0 radical (unpaired) electrons. The van der Waals surface area contributed by atoms with Crippen LogP contribution in [0.2, 0.25) is 5.02 Å². The van der Waals surface area contributed by atoms with Crippen molar-refractivity contribution in [1.29, 1.82) is 0 Å². The number of halogens is 4. The molecule has 1 unspecified atom stereocenters. The van der Waals surface area contributed by atoms with Gasteiger partial charge in [0.05, 0.1) is 12.2 Å². The van der Waals surface area contributed by atoms with Gasteiger partial charge in [-0.15, -0.1) is 13.2 Å². The Hall–Kier alpha value is -2.34. The number of aliphatic hydroxyl groups excluding tert-OH is 1. The molecular formula is C22H26ClF3N2O6. The molecule has 1 aromatic carbocycles. The molecule has 12 heteroatoms. The van der Waals surface area contributed by atoms with E-state index in [4.69, 9.17) is 16.3 Å². The van der Waals surface area contributed by atoms with Crippen LogP contribution in [0.4, 0.5) is 13.2 Å². The first-order chi connectivity index (χ1) is 15.9. The van der Waals surface area contributed by atoms with Crippen molar-refractivity contribution in [2.75, 3.05) is 6.54 Å². The Morgan fingerprint density at radius 2 is 2.00 bits per heavy atom. The van der Waals surface area contributed by atoms with Crippen LogP contribution >= 0.6 is 11.6 Å². The van der Waals surface area contributed by atoms with Crippen molar-refractivity contribution in [1.82, 2.24) is 10.6 Å². The van der Waals surface area contributed by atoms with Gasteiger partial charge < -0.3 is 25.6 Å². The number of hydrogen-bond donors (Lipinski definition) is 4. The molecule has 1 aromatic rings. The van der Waals surface area contributed by atoms with Crippen molar-refractivity contribution in [3.8, 4) is 5.75 Å². The Kier molecular flexibility index (Phi) is 8.12. The van der Waals surface area contributed by atoms with Gasteiger partial charge in [-0.2, -0.15) is 0 Å². The Morgan fingerprint density at radius 3 is 2.65 bits per heavy atom. The molecule has 2 amide bonds. The summed E-state index contributed by atoms with van der Waals surface area (Å²) >= 11 is 5.92. The molecule has 0 bridgehead atoms. The van der Waals surface area contributed by atoms with Gasteiger partial charge >= 0.3 is 6.36 Å². The van der Waals surface area contributed by atoms with Crippen molar-refractivity contribution in [3.05, 3.63) is 41.4 Å². The van der Waals surface area contributed by atoms with E-state index >= 15 is 0 Å². The zero-order chi connectivity index (χ0) is 25.1. The second-order valence-corrected chi connectivity index (χ2v) is 8.83. The predicted molar refractivity (Wildman–Crippen MR) is 115 cm³/mol. The van der Waals surface area contributed by atoms with Crippen molar-refractivity contribution in [2.45, 2.75) is 68.4 Å². The molecule has 1 heterocycles. The maximum atomic E-state index is 12.4. The lowest BCUT2D eigenvalue weighted by atomic mass is 9.87. The smallest absolute Gasteiger partial charge is 0.480 e. The number of ether oxygens (including phenoxy) is 2. The minimum atomic E-state index is -4.73. The van der Waals surface area contributed by atoms with E-state index in [9.17, 15) is 33.0 Å². The molecule has 8 nitrogen and oxygen atoms in total. The van der Waals surface area contributed by atoms with Gasteiger partial charge in [0, 0.05) is 29.6 Å². The van der Waals surface area contributed by atoms with Crippen LogP contribution < -0.4 is 15.4 Å². The van der Waals surface area contributed by atoms with Crippen molar-refractivity contribution in [2.24, 2.45) is 0 Å². The maximum absolute atomic E-state index is 12.4. The fourth-order valence-electron chi connectivity index (χ4n) is 3.85. The first kappa shape index (κ1) is 26.3. The third-order valence-electron chi connectivity index (χ3n) is 5.82. The molecule has 1 saturated carbocycles. The second kappa shape index (κ2) is 10.5. The Morgan fingerprint density at radius 1 is 1.29 bits per heavy atom. The van der Waals surface area contributed by atoms with E-state index in [1.165, 1.54) is 0 Å². The summed E-state index contributed by atoms with van der Waals surface area (Å²) in [6, 6.07) is 4.19. The van der Waals surface area contributed by atoms with Gasteiger partial charge in [-0.05, 0) is 43.9 Å². The van der Waals surface area contributed by atoms with E-state index in [0.29, 0.717) is 16.3 Å². The molecule has 2 aliphatic rings. The highest BCUT2D eigenvalue weighted by Gasteiger charge is 2.42. The summed E-state index contributed by atoms with van der Waals surface area (Å²) in [5.41, 5.74) is -1.45. The number of fused-ring (bicyclic) bond motifs is 1. The minimum absolute atomic E-state index is 0.0168. The summed E-state index contributed by atoms with van der Waals surface area (Å²) in [5.74, 6) is -0.880. The lowest BCUT2D eigenvalue weighted by Gasteiger charge is -2.37. The quantitative estimate of drug-likeness (QED) is 0.302. The maximum Gasteiger partial charge on any atom is 0.522 e. The zero-order valence-electron chi connectivity index (χ0n) is 18.1. The highest BCUT2D eigenvalue weighted by Crippen LogP contribution is 2.36. The van der Waals surface area contributed by atoms with Crippen LogP contribution in [0.5, 0.6) is 5.75 Å². The molecule has 0 spiro atoms. The number of nitrogens with one attached hydrogen (secondary N) is 2. The van der Waals surface area contributed by atoms with E-state index in [1.54, 1.807) is 18.2 Å². The summed E-state index contributed by atoms with van der Waals surface area (Å²) < 4.78 is 46.1. The summed E-state index contributed by atoms with van der Waals surface area (Å²) in [4.78, 5) is 24.8. The van der Waals surface area contributed by atoms with Crippen molar-refractivity contribution < 1.29 is 42.4 Å². The van der Waals surface area contributed by atoms with Gasteiger partial charge in [-0.3, -0.25) is 14.3 Å². The first-order valence-electron chi connectivity index (χ1n) is 10.7. The molecule has 0 aromatic heterocycles. The second-order valence-electron chi connectivity index (χ2n) is 8.39. The molecule has 3 rings (SSSR count). The van der Waals surface area contributed by atoms with Crippen LogP contribution in [-0.2, 0) is 14.3 Å². The predicted octanol–water partition coefficient (Wildman–Crippen LogP) is 2.52. The van der Waals surface area contributed by atoms with Gasteiger partial charge in [0.25, 0.3) is 11.8 Å². The number of hydrogen-bond acceptors (Lipinski definition) is 6. The van der Waals surface area contributed by atoms with Gasteiger partial charge in [-0.25, -0.2) is 0 Å². The third kappa shape index (κ3) is 6.62. The number of carbonyl (C=O) groups is 2. The number of carbonyl (C=O) groups excluding carboxylic acids is 2. The molecule has 1 fully saturated rings. The van der Waals surface area contributed by atoms with Crippen molar-refractivity contribution >= 4 is 23.4 Å². The normalized spacial score (nSPS) is 25.7. The number of aliphatic hydroxyl groups is 2.